The molecule has 0 aliphatic rings. The summed E-state index contributed by atoms with van der Waals surface area (Å²) in [7, 11) is 1.93. The number of nitrogens with one attached hydrogen (secondary N) is 1. The summed E-state index contributed by atoms with van der Waals surface area (Å²) in [6.45, 7) is 4.21. The molecule has 29 heavy (non-hydrogen) atoms. The van der Waals surface area contributed by atoms with Crippen LogP contribution in [0.1, 0.15) is 10.4 Å². The van der Waals surface area contributed by atoms with E-state index in [9.17, 15) is 4.79 Å². The second-order valence-corrected chi connectivity index (χ2v) is 9.41. The molecule has 0 aliphatic carbocycles. The third kappa shape index (κ3) is 4.26. The Bertz CT molecular complexity index is 1130. The highest BCUT2D eigenvalue weighted by atomic mass is 32.2. The molecule has 0 unspecified atom stereocenters. The van der Waals surface area contributed by atoms with E-state index >= 15 is 0 Å². The lowest BCUT2D eigenvalue weighted by atomic mass is 10.0. The van der Waals surface area contributed by atoms with Gasteiger partial charge in [-0.3, -0.25) is 4.79 Å². The molecule has 4 aromatic rings. The summed E-state index contributed by atoms with van der Waals surface area (Å²) in [5.41, 5.74) is 4.65. The molecule has 1 amide bonds. The summed E-state index contributed by atoms with van der Waals surface area (Å²) in [6.07, 6.45) is 1.66. The molecule has 3 heterocycles. The number of hydrogen-bond acceptors (Lipinski definition) is 7. The third-order valence-electron chi connectivity index (χ3n) is 4.40. The SMILES string of the molecule is Cc1ccc(-c2c(-c3nnc(SCC(=O)Nc4nccs4)n3C)csc2C)cc1. The number of benzene rings is 1. The van der Waals surface area contributed by atoms with E-state index in [2.05, 4.69) is 64.0 Å². The van der Waals surface area contributed by atoms with Crippen LogP contribution in [0.25, 0.3) is 22.5 Å². The van der Waals surface area contributed by atoms with Crippen LogP contribution in [0.15, 0.2) is 46.4 Å². The predicted octanol–water partition coefficient (Wildman–Crippen LogP) is 5.01. The van der Waals surface area contributed by atoms with Crippen molar-refractivity contribution in [3.63, 3.8) is 0 Å². The highest BCUT2D eigenvalue weighted by Gasteiger charge is 2.19. The van der Waals surface area contributed by atoms with E-state index in [1.54, 1.807) is 17.5 Å². The first-order chi connectivity index (χ1) is 14.0. The topological polar surface area (TPSA) is 72.7 Å². The van der Waals surface area contributed by atoms with Crippen molar-refractivity contribution in [2.24, 2.45) is 7.05 Å². The van der Waals surface area contributed by atoms with Crippen molar-refractivity contribution in [1.82, 2.24) is 19.7 Å². The Hall–Kier alpha value is -2.49. The Morgan fingerprint density at radius 2 is 1.97 bits per heavy atom. The van der Waals surface area contributed by atoms with E-state index in [4.69, 9.17) is 0 Å². The number of rotatable bonds is 6. The molecular formula is C20H19N5OS3. The molecule has 6 nitrogen and oxygen atoms in total. The molecule has 0 radical (unpaired) electrons. The van der Waals surface area contributed by atoms with Gasteiger partial charge in [-0.25, -0.2) is 4.98 Å². The second kappa shape index (κ2) is 8.48. The minimum absolute atomic E-state index is 0.110. The first-order valence-corrected chi connectivity index (χ1v) is 11.6. The summed E-state index contributed by atoms with van der Waals surface area (Å²) in [4.78, 5) is 17.4. The number of aryl methyl sites for hydroxylation is 2. The number of carbonyl (C=O) groups excluding carboxylic acids is 1. The fourth-order valence-electron chi connectivity index (χ4n) is 2.94. The number of thiazole rings is 1. The van der Waals surface area contributed by atoms with Crippen LogP contribution in [0, 0.1) is 13.8 Å². The zero-order chi connectivity index (χ0) is 20.4. The van der Waals surface area contributed by atoms with Crippen LogP contribution in [0.2, 0.25) is 0 Å². The maximum Gasteiger partial charge on any atom is 0.236 e. The van der Waals surface area contributed by atoms with Crippen LogP contribution in [0.3, 0.4) is 0 Å². The monoisotopic (exact) mass is 441 g/mol. The molecule has 0 bridgehead atoms. The first-order valence-electron chi connectivity index (χ1n) is 8.90. The zero-order valence-electron chi connectivity index (χ0n) is 16.2. The molecule has 9 heteroatoms. The third-order valence-corrected chi connectivity index (χ3v) is 7.02. The highest BCUT2D eigenvalue weighted by molar-refractivity contribution is 7.99. The molecule has 0 saturated carbocycles. The van der Waals surface area contributed by atoms with Crippen LogP contribution in [-0.4, -0.2) is 31.4 Å². The zero-order valence-corrected chi connectivity index (χ0v) is 18.6. The van der Waals surface area contributed by atoms with E-state index in [-0.39, 0.29) is 11.7 Å². The predicted molar refractivity (Wildman–Crippen MR) is 121 cm³/mol. The van der Waals surface area contributed by atoms with Gasteiger partial charge in [0.1, 0.15) is 0 Å². The molecule has 3 aromatic heterocycles. The molecule has 1 N–H and O–H groups in total. The fraction of sp³-hybridized carbons (Fsp3) is 0.200. The number of aromatic nitrogens is 4. The average molecular weight is 442 g/mol. The van der Waals surface area contributed by atoms with E-state index in [1.165, 1.54) is 44.7 Å². The molecule has 4 rings (SSSR count). The van der Waals surface area contributed by atoms with Crippen molar-refractivity contribution in [1.29, 1.82) is 0 Å². The van der Waals surface area contributed by atoms with Gasteiger partial charge < -0.3 is 9.88 Å². The second-order valence-electron chi connectivity index (χ2n) is 6.49. The highest BCUT2D eigenvalue weighted by Crippen LogP contribution is 2.38. The van der Waals surface area contributed by atoms with Crippen LogP contribution in [0.5, 0.6) is 0 Å². The maximum absolute atomic E-state index is 12.1. The number of hydrogen-bond donors (Lipinski definition) is 1. The number of nitrogens with zero attached hydrogens (tertiary/aromatic N) is 4. The molecule has 148 valence electrons. The van der Waals surface area contributed by atoms with Crippen LogP contribution < -0.4 is 5.32 Å². The van der Waals surface area contributed by atoms with Gasteiger partial charge in [0.05, 0.1) is 5.75 Å². The van der Waals surface area contributed by atoms with Gasteiger partial charge in [-0.15, -0.1) is 32.9 Å². The summed E-state index contributed by atoms with van der Waals surface area (Å²) >= 11 is 4.46. The Kier molecular flexibility index (Phi) is 5.79. The average Bonchev–Trinajstić information content (AvgIpc) is 3.42. The number of anilines is 1. The maximum atomic E-state index is 12.1. The minimum Gasteiger partial charge on any atom is -0.305 e. The van der Waals surface area contributed by atoms with Gasteiger partial charge in [0.25, 0.3) is 0 Å². The summed E-state index contributed by atoms with van der Waals surface area (Å²) < 4.78 is 1.94. The summed E-state index contributed by atoms with van der Waals surface area (Å²) in [6, 6.07) is 8.52. The van der Waals surface area contributed by atoms with E-state index < -0.39 is 0 Å². The number of amides is 1. The van der Waals surface area contributed by atoms with Gasteiger partial charge in [-0.2, -0.15) is 0 Å². The van der Waals surface area contributed by atoms with Gasteiger partial charge in [0.2, 0.25) is 5.91 Å². The summed E-state index contributed by atoms with van der Waals surface area (Å²) in [5.74, 6) is 0.938. The number of thioether (sulfide) groups is 1. The molecule has 0 fully saturated rings. The quantitative estimate of drug-likeness (QED) is 0.426. The Balaban J connectivity index is 1.55. The van der Waals surface area contributed by atoms with Crippen LogP contribution in [0.4, 0.5) is 5.13 Å². The van der Waals surface area contributed by atoms with Crippen molar-refractivity contribution in [3.05, 3.63) is 51.7 Å². The Labute approximate surface area is 181 Å². The number of thiophene rings is 1. The molecule has 0 aliphatic heterocycles. The first kappa shape index (κ1) is 19.8. The molecule has 0 spiro atoms. The van der Waals surface area contributed by atoms with Gasteiger partial charge >= 0.3 is 0 Å². The van der Waals surface area contributed by atoms with Crippen molar-refractivity contribution in [2.45, 2.75) is 19.0 Å². The van der Waals surface area contributed by atoms with Crippen molar-refractivity contribution in [3.8, 4) is 22.5 Å². The van der Waals surface area contributed by atoms with Gasteiger partial charge in [0, 0.05) is 40.0 Å². The van der Waals surface area contributed by atoms with Crippen LogP contribution >= 0.6 is 34.4 Å². The largest absolute Gasteiger partial charge is 0.305 e. The lowest BCUT2D eigenvalue weighted by Gasteiger charge is -2.07. The molecule has 0 saturated heterocycles. The van der Waals surface area contributed by atoms with Crippen molar-refractivity contribution in [2.75, 3.05) is 11.1 Å². The Morgan fingerprint density at radius 1 is 1.17 bits per heavy atom. The van der Waals surface area contributed by atoms with Crippen molar-refractivity contribution < 1.29 is 4.79 Å². The van der Waals surface area contributed by atoms with Gasteiger partial charge in [-0.05, 0) is 19.4 Å². The molecule has 0 atom stereocenters. The standard InChI is InChI=1S/C20H19N5OS3/c1-12-4-6-14(7-5-12)17-13(2)28-10-15(17)18-23-24-20(25(18)3)29-11-16(26)22-19-21-8-9-27-19/h4-10H,11H2,1-3H3,(H,21,22,26). The van der Waals surface area contributed by atoms with E-state index in [0.29, 0.717) is 10.3 Å². The number of carbonyl (C=O) groups is 1. The normalized spacial score (nSPS) is 11.0. The summed E-state index contributed by atoms with van der Waals surface area (Å²) in [5, 5.41) is 16.8. The lowest BCUT2D eigenvalue weighted by Crippen LogP contribution is -2.14. The molecule has 1 aromatic carbocycles. The molecular weight excluding hydrogens is 422 g/mol. The lowest BCUT2D eigenvalue weighted by molar-refractivity contribution is -0.113. The van der Waals surface area contributed by atoms with E-state index in [1.807, 2.05) is 17.0 Å². The minimum atomic E-state index is -0.110. The van der Waals surface area contributed by atoms with Gasteiger partial charge in [-0.1, -0.05) is 41.6 Å². The smallest absolute Gasteiger partial charge is 0.236 e. The van der Waals surface area contributed by atoms with Gasteiger partial charge in [0.15, 0.2) is 16.1 Å². The van der Waals surface area contributed by atoms with E-state index in [0.717, 1.165) is 11.4 Å². The fourth-order valence-corrected chi connectivity index (χ4v) is 5.06. The Morgan fingerprint density at radius 3 is 2.69 bits per heavy atom. The van der Waals surface area contributed by atoms with Crippen LogP contribution in [-0.2, 0) is 11.8 Å². The van der Waals surface area contributed by atoms with Crippen molar-refractivity contribution >= 4 is 45.5 Å².